The van der Waals surface area contributed by atoms with Crippen LogP contribution in [0.15, 0.2) is 0 Å². The predicted molar refractivity (Wildman–Crippen MR) is 91.7 cm³/mol. The highest BCUT2D eigenvalue weighted by Gasteiger charge is 2.36. The quantitative estimate of drug-likeness (QED) is 0.740. The standard InChI is InChI=1S/C18H30F2N2O4/c1-12(26-11-14-3-7-18(19,20)8-4-14)16(21-13(2)23)17(25)22-9-5-15(24)6-10-22/h12,14-16,24H,3-11H2,1-2H3,(H,21,23). The third-order valence-electron chi connectivity index (χ3n) is 5.30. The molecule has 1 aliphatic carbocycles. The van der Waals surface area contributed by atoms with Gasteiger partial charge in [-0.1, -0.05) is 0 Å². The molecule has 1 saturated heterocycles. The molecular formula is C18H30F2N2O4. The van der Waals surface area contributed by atoms with Crippen molar-refractivity contribution in [3.05, 3.63) is 0 Å². The van der Waals surface area contributed by atoms with Gasteiger partial charge in [0.25, 0.3) is 0 Å². The molecule has 2 unspecified atom stereocenters. The molecule has 26 heavy (non-hydrogen) atoms. The molecule has 0 aromatic carbocycles. The summed E-state index contributed by atoms with van der Waals surface area (Å²) in [6.07, 6.45) is 0.648. The van der Waals surface area contributed by atoms with Gasteiger partial charge in [0.1, 0.15) is 6.04 Å². The molecule has 0 aromatic rings. The fourth-order valence-electron chi connectivity index (χ4n) is 3.53. The Balaban J connectivity index is 1.88. The number of carbonyl (C=O) groups excluding carboxylic acids is 2. The van der Waals surface area contributed by atoms with Crippen molar-refractivity contribution in [2.75, 3.05) is 19.7 Å². The van der Waals surface area contributed by atoms with Crippen LogP contribution in [0.25, 0.3) is 0 Å². The number of likely N-dealkylation sites (tertiary alicyclic amines) is 1. The van der Waals surface area contributed by atoms with Gasteiger partial charge in [-0.3, -0.25) is 9.59 Å². The Labute approximate surface area is 153 Å². The van der Waals surface area contributed by atoms with E-state index in [1.54, 1.807) is 11.8 Å². The van der Waals surface area contributed by atoms with E-state index in [0.717, 1.165) is 0 Å². The first-order chi connectivity index (χ1) is 12.2. The van der Waals surface area contributed by atoms with E-state index in [2.05, 4.69) is 5.32 Å². The normalized spacial score (nSPS) is 24.1. The SMILES string of the molecule is CC(=O)NC(C(=O)N1CCC(O)CC1)C(C)OCC1CCC(F)(F)CC1. The average Bonchev–Trinajstić information content (AvgIpc) is 2.58. The van der Waals surface area contributed by atoms with Crippen LogP contribution in [0, 0.1) is 5.92 Å². The van der Waals surface area contributed by atoms with Crippen LogP contribution in [0.4, 0.5) is 8.78 Å². The maximum absolute atomic E-state index is 13.2. The monoisotopic (exact) mass is 376 g/mol. The van der Waals surface area contributed by atoms with Crippen LogP contribution in [0.2, 0.25) is 0 Å². The molecule has 1 heterocycles. The van der Waals surface area contributed by atoms with E-state index in [4.69, 9.17) is 4.74 Å². The van der Waals surface area contributed by atoms with Crippen LogP contribution >= 0.6 is 0 Å². The third-order valence-corrected chi connectivity index (χ3v) is 5.30. The van der Waals surface area contributed by atoms with Crippen LogP contribution in [-0.4, -0.2) is 65.7 Å². The lowest BCUT2D eigenvalue weighted by molar-refractivity contribution is -0.142. The van der Waals surface area contributed by atoms with Crippen molar-refractivity contribution in [3.8, 4) is 0 Å². The smallest absolute Gasteiger partial charge is 0.248 e. The van der Waals surface area contributed by atoms with Crippen molar-refractivity contribution in [1.29, 1.82) is 0 Å². The second-order valence-electron chi connectivity index (χ2n) is 7.57. The number of rotatable bonds is 6. The molecule has 150 valence electrons. The summed E-state index contributed by atoms with van der Waals surface area (Å²) in [7, 11) is 0. The first kappa shape index (κ1) is 21.0. The Morgan fingerprint density at radius 3 is 2.35 bits per heavy atom. The number of nitrogens with zero attached hydrogens (tertiary/aromatic N) is 1. The highest BCUT2D eigenvalue weighted by atomic mass is 19.3. The molecule has 0 bridgehead atoms. The number of amides is 2. The Morgan fingerprint density at radius 2 is 1.81 bits per heavy atom. The molecule has 0 aromatic heterocycles. The second-order valence-corrected chi connectivity index (χ2v) is 7.57. The molecule has 2 aliphatic rings. The summed E-state index contributed by atoms with van der Waals surface area (Å²) in [5.74, 6) is -3.08. The molecule has 6 nitrogen and oxygen atoms in total. The maximum Gasteiger partial charge on any atom is 0.248 e. The number of carbonyl (C=O) groups is 2. The van der Waals surface area contributed by atoms with Gasteiger partial charge in [-0.2, -0.15) is 0 Å². The average molecular weight is 376 g/mol. The molecule has 2 N–H and O–H groups in total. The summed E-state index contributed by atoms with van der Waals surface area (Å²) >= 11 is 0. The summed E-state index contributed by atoms with van der Waals surface area (Å²) in [6, 6.07) is -0.812. The minimum absolute atomic E-state index is 0.0512. The van der Waals surface area contributed by atoms with Gasteiger partial charge < -0.3 is 20.1 Å². The van der Waals surface area contributed by atoms with Gasteiger partial charge in [-0.25, -0.2) is 8.78 Å². The molecular weight excluding hydrogens is 346 g/mol. The topological polar surface area (TPSA) is 78.9 Å². The highest BCUT2D eigenvalue weighted by Crippen LogP contribution is 2.36. The van der Waals surface area contributed by atoms with Crippen LogP contribution in [-0.2, 0) is 14.3 Å². The van der Waals surface area contributed by atoms with Gasteiger partial charge in [0, 0.05) is 39.5 Å². The van der Waals surface area contributed by atoms with Gasteiger partial charge in [0.2, 0.25) is 17.7 Å². The summed E-state index contributed by atoms with van der Waals surface area (Å²) in [6.45, 7) is 4.26. The van der Waals surface area contributed by atoms with E-state index >= 15 is 0 Å². The number of piperidine rings is 1. The lowest BCUT2D eigenvalue weighted by Gasteiger charge is -2.35. The fourth-order valence-corrected chi connectivity index (χ4v) is 3.53. The zero-order valence-electron chi connectivity index (χ0n) is 15.5. The second kappa shape index (κ2) is 9.08. The van der Waals surface area contributed by atoms with Gasteiger partial charge in [0.15, 0.2) is 0 Å². The number of hydrogen-bond donors (Lipinski definition) is 2. The van der Waals surface area contributed by atoms with Crippen LogP contribution in [0.3, 0.4) is 0 Å². The number of ether oxygens (including phenoxy) is 1. The van der Waals surface area contributed by atoms with E-state index in [9.17, 15) is 23.5 Å². The van der Waals surface area contributed by atoms with Crippen molar-refractivity contribution in [3.63, 3.8) is 0 Å². The van der Waals surface area contributed by atoms with Crippen molar-refractivity contribution in [2.45, 2.75) is 76.5 Å². The van der Waals surface area contributed by atoms with Gasteiger partial charge >= 0.3 is 0 Å². The van der Waals surface area contributed by atoms with E-state index in [1.165, 1.54) is 6.92 Å². The van der Waals surface area contributed by atoms with E-state index in [-0.39, 0.29) is 30.6 Å². The van der Waals surface area contributed by atoms with Crippen molar-refractivity contribution >= 4 is 11.8 Å². The van der Waals surface area contributed by atoms with Crippen LogP contribution < -0.4 is 5.32 Å². The number of nitrogens with one attached hydrogen (secondary N) is 1. The minimum Gasteiger partial charge on any atom is -0.393 e. The Kier molecular flexibility index (Phi) is 7.34. The molecule has 0 spiro atoms. The molecule has 1 saturated carbocycles. The van der Waals surface area contributed by atoms with Crippen LogP contribution in [0.1, 0.15) is 52.4 Å². The molecule has 2 atom stereocenters. The highest BCUT2D eigenvalue weighted by molar-refractivity contribution is 5.87. The van der Waals surface area contributed by atoms with Crippen molar-refractivity contribution in [2.24, 2.45) is 5.92 Å². The summed E-state index contributed by atoms with van der Waals surface area (Å²) in [5.41, 5.74) is 0. The molecule has 1 aliphatic heterocycles. The van der Waals surface area contributed by atoms with Gasteiger partial charge in [-0.15, -0.1) is 0 Å². The van der Waals surface area contributed by atoms with Crippen LogP contribution in [0.5, 0.6) is 0 Å². The fraction of sp³-hybridized carbons (Fsp3) is 0.889. The van der Waals surface area contributed by atoms with E-state index in [0.29, 0.717) is 45.4 Å². The zero-order valence-corrected chi connectivity index (χ0v) is 15.5. The lowest BCUT2D eigenvalue weighted by Crippen LogP contribution is -2.55. The first-order valence-electron chi connectivity index (χ1n) is 9.41. The zero-order chi connectivity index (χ0) is 19.3. The van der Waals surface area contributed by atoms with E-state index in [1.807, 2.05) is 0 Å². The molecule has 2 amide bonds. The van der Waals surface area contributed by atoms with E-state index < -0.39 is 24.2 Å². The Hall–Kier alpha value is -1.28. The molecule has 2 fully saturated rings. The molecule has 8 heteroatoms. The first-order valence-corrected chi connectivity index (χ1v) is 9.41. The summed E-state index contributed by atoms with van der Waals surface area (Å²) in [5, 5.41) is 12.2. The summed E-state index contributed by atoms with van der Waals surface area (Å²) < 4.78 is 32.3. The Morgan fingerprint density at radius 1 is 1.23 bits per heavy atom. The van der Waals surface area contributed by atoms with Crippen molar-refractivity contribution < 1.29 is 28.2 Å². The minimum atomic E-state index is -2.57. The molecule has 0 radical (unpaired) electrons. The predicted octanol–water partition coefficient (Wildman–Crippen LogP) is 1.70. The van der Waals surface area contributed by atoms with Gasteiger partial charge in [-0.05, 0) is 38.5 Å². The number of hydrogen-bond acceptors (Lipinski definition) is 4. The third kappa shape index (κ3) is 6.16. The number of halogens is 2. The molecule has 2 rings (SSSR count). The maximum atomic E-state index is 13.2. The number of aliphatic hydroxyl groups is 1. The largest absolute Gasteiger partial charge is 0.393 e. The summed E-state index contributed by atoms with van der Waals surface area (Å²) in [4.78, 5) is 25.9. The Bertz CT molecular complexity index is 486. The number of alkyl halides is 2. The van der Waals surface area contributed by atoms with Gasteiger partial charge in [0.05, 0.1) is 12.2 Å². The lowest BCUT2D eigenvalue weighted by atomic mass is 9.87. The number of aliphatic hydroxyl groups excluding tert-OH is 1. The van der Waals surface area contributed by atoms with Crippen molar-refractivity contribution in [1.82, 2.24) is 10.2 Å².